The van der Waals surface area contributed by atoms with Crippen LogP contribution < -0.4 is 0 Å². The maximum atomic E-state index is 9.55. The third-order valence-corrected chi connectivity index (χ3v) is 3.67. The van der Waals surface area contributed by atoms with Crippen molar-refractivity contribution in [2.75, 3.05) is 0 Å². The van der Waals surface area contributed by atoms with Crippen molar-refractivity contribution >= 4 is 19.5 Å². The fraction of sp³-hybridized carbons (Fsp3) is 0.357. The second kappa shape index (κ2) is 5.48. The van der Waals surface area contributed by atoms with Gasteiger partial charge < -0.3 is 4.65 Å². The number of nitrogens with zero attached hydrogens (tertiary/aromatic N) is 5. The van der Waals surface area contributed by atoms with E-state index in [1.54, 1.807) is 15.6 Å². The first-order chi connectivity index (χ1) is 9.92. The summed E-state index contributed by atoms with van der Waals surface area (Å²) >= 11 is 0. The summed E-state index contributed by atoms with van der Waals surface area (Å²) in [6.07, 6.45) is 1.59. The van der Waals surface area contributed by atoms with E-state index in [0.29, 0.717) is 5.76 Å². The molecule has 21 heavy (non-hydrogen) atoms. The van der Waals surface area contributed by atoms with Crippen molar-refractivity contribution in [2.24, 2.45) is 7.05 Å². The van der Waals surface area contributed by atoms with Gasteiger partial charge in [0.1, 0.15) is 18.2 Å². The Bertz CT molecular complexity index is 763. The number of aromatic nitrogens is 4. The number of hydrogen-bond acceptors (Lipinski definition) is 4. The standard InChI is InChI=1S/C14H16BN5O/c1-8-10(3)20(7-17-8)12(6-16)14(21-15)13-9(2)18-19(5)11(13)4/h7H,1-5H3. The molecule has 0 aliphatic rings. The van der Waals surface area contributed by atoms with Crippen LogP contribution in [0.4, 0.5) is 0 Å². The van der Waals surface area contributed by atoms with Crippen LogP contribution in [0.3, 0.4) is 0 Å². The first-order valence-corrected chi connectivity index (χ1v) is 6.45. The molecule has 106 valence electrons. The van der Waals surface area contributed by atoms with Gasteiger partial charge >= 0.3 is 8.05 Å². The molecule has 7 heteroatoms. The molecule has 0 amide bonds. The number of nitriles is 1. The highest BCUT2D eigenvalue weighted by Gasteiger charge is 2.21. The van der Waals surface area contributed by atoms with E-state index in [2.05, 4.69) is 16.2 Å². The molecule has 2 aromatic heterocycles. The topological polar surface area (TPSA) is 68.7 Å². The Labute approximate surface area is 125 Å². The molecule has 0 unspecified atom stereocenters. The van der Waals surface area contributed by atoms with Gasteiger partial charge in [-0.25, -0.2) is 4.98 Å². The number of allylic oxidation sites excluding steroid dienone is 1. The monoisotopic (exact) mass is 281 g/mol. The Morgan fingerprint density at radius 1 is 1.24 bits per heavy atom. The third-order valence-electron chi connectivity index (χ3n) is 3.67. The number of rotatable bonds is 3. The molecule has 2 radical (unpaired) electrons. The maximum absolute atomic E-state index is 9.55. The van der Waals surface area contributed by atoms with Gasteiger partial charge in [0.2, 0.25) is 0 Å². The lowest BCUT2D eigenvalue weighted by atomic mass is 10.1. The summed E-state index contributed by atoms with van der Waals surface area (Å²) in [5.74, 6) is 0.293. The van der Waals surface area contributed by atoms with Crippen LogP contribution in [-0.2, 0) is 11.7 Å². The first kappa shape index (κ1) is 14.9. The molecule has 0 saturated carbocycles. The Morgan fingerprint density at radius 3 is 2.29 bits per heavy atom. The van der Waals surface area contributed by atoms with E-state index < -0.39 is 0 Å². The van der Waals surface area contributed by atoms with Crippen molar-refractivity contribution in [1.82, 2.24) is 19.3 Å². The van der Waals surface area contributed by atoms with Crippen molar-refractivity contribution in [1.29, 1.82) is 5.26 Å². The van der Waals surface area contributed by atoms with E-state index in [-0.39, 0.29) is 5.70 Å². The summed E-state index contributed by atoms with van der Waals surface area (Å²) in [6, 6.07) is 2.15. The van der Waals surface area contributed by atoms with E-state index >= 15 is 0 Å². The summed E-state index contributed by atoms with van der Waals surface area (Å²) in [4.78, 5) is 4.21. The molecule has 2 heterocycles. The van der Waals surface area contributed by atoms with Crippen LogP contribution in [0.2, 0.25) is 0 Å². The zero-order valence-electron chi connectivity index (χ0n) is 12.8. The molecule has 0 saturated heterocycles. The zero-order valence-corrected chi connectivity index (χ0v) is 12.8. The summed E-state index contributed by atoms with van der Waals surface area (Å²) in [6.45, 7) is 7.51. The molecular formula is C14H16BN5O. The third kappa shape index (κ3) is 2.33. The fourth-order valence-electron chi connectivity index (χ4n) is 2.27. The average Bonchev–Trinajstić information content (AvgIpc) is 2.90. The van der Waals surface area contributed by atoms with Gasteiger partial charge in [0.15, 0.2) is 5.70 Å². The van der Waals surface area contributed by atoms with E-state index in [9.17, 15) is 5.26 Å². The van der Waals surface area contributed by atoms with Crippen LogP contribution in [-0.4, -0.2) is 27.4 Å². The van der Waals surface area contributed by atoms with Crippen molar-refractivity contribution in [3.05, 3.63) is 34.7 Å². The molecule has 0 spiro atoms. The lowest BCUT2D eigenvalue weighted by Gasteiger charge is -2.12. The quantitative estimate of drug-likeness (QED) is 0.488. The van der Waals surface area contributed by atoms with Crippen molar-refractivity contribution in [3.8, 4) is 6.07 Å². The Morgan fingerprint density at radius 2 is 1.90 bits per heavy atom. The predicted octanol–water partition coefficient (Wildman–Crippen LogP) is 1.80. The average molecular weight is 281 g/mol. The minimum atomic E-state index is 0.287. The van der Waals surface area contributed by atoms with Crippen LogP contribution >= 0.6 is 0 Å². The first-order valence-electron chi connectivity index (χ1n) is 6.45. The predicted molar refractivity (Wildman–Crippen MR) is 79.9 cm³/mol. The van der Waals surface area contributed by atoms with Crippen molar-refractivity contribution in [2.45, 2.75) is 27.7 Å². The molecular weight excluding hydrogens is 265 g/mol. The van der Waals surface area contributed by atoms with Gasteiger partial charge in [-0.1, -0.05) is 0 Å². The molecule has 0 bridgehead atoms. The normalized spacial score (nSPS) is 12.0. The van der Waals surface area contributed by atoms with E-state index in [1.807, 2.05) is 34.7 Å². The van der Waals surface area contributed by atoms with Gasteiger partial charge in [-0.3, -0.25) is 9.25 Å². The van der Waals surface area contributed by atoms with Crippen LogP contribution in [0, 0.1) is 39.0 Å². The highest BCUT2D eigenvalue weighted by molar-refractivity contribution is 6.05. The van der Waals surface area contributed by atoms with Gasteiger partial charge in [-0.05, 0) is 27.7 Å². The largest absolute Gasteiger partial charge is 0.565 e. The molecule has 0 fully saturated rings. The molecule has 0 atom stereocenters. The number of hydrogen-bond donors (Lipinski definition) is 0. The number of aryl methyl sites for hydroxylation is 3. The minimum Gasteiger partial charge on any atom is -0.565 e. The van der Waals surface area contributed by atoms with Crippen LogP contribution in [0.1, 0.15) is 28.3 Å². The summed E-state index contributed by atoms with van der Waals surface area (Å²) < 4.78 is 8.44. The molecule has 0 aliphatic carbocycles. The second-order valence-corrected chi connectivity index (χ2v) is 4.86. The van der Waals surface area contributed by atoms with Crippen LogP contribution in [0.15, 0.2) is 6.33 Å². The van der Waals surface area contributed by atoms with Crippen molar-refractivity contribution < 1.29 is 4.65 Å². The molecule has 6 nitrogen and oxygen atoms in total. The number of imidazole rings is 1. The Hall–Kier alpha value is -2.49. The van der Waals surface area contributed by atoms with Crippen LogP contribution in [0.5, 0.6) is 0 Å². The molecule has 2 aromatic rings. The summed E-state index contributed by atoms with van der Waals surface area (Å²) in [5.41, 5.74) is 4.34. The zero-order chi connectivity index (χ0) is 15.7. The van der Waals surface area contributed by atoms with Gasteiger partial charge in [0.05, 0.1) is 17.0 Å². The smallest absolute Gasteiger partial charge is 0.374 e. The Balaban J connectivity index is 2.77. The van der Waals surface area contributed by atoms with Gasteiger partial charge in [0, 0.05) is 18.4 Å². The second-order valence-electron chi connectivity index (χ2n) is 4.86. The van der Waals surface area contributed by atoms with Gasteiger partial charge in [-0.2, -0.15) is 10.4 Å². The van der Waals surface area contributed by atoms with E-state index in [0.717, 1.165) is 28.3 Å². The minimum absolute atomic E-state index is 0.287. The highest BCUT2D eigenvalue weighted by Crippen LogP contribution is 2.28. The van der Waals surface area contributed by atoms with Crippen molar-refractivity contribution in [3.63, 3.8) is 0 Å². The molecule has 0 N–H and O–H groups in total. The fourth-order valence-corrected chi connectivity index (χ4v) is 2.27. The summed E-state index contributed by atoms with van der Waals surface area (Å²) in [7, 11) is 7.27. The molecule has 0 aliphatic heterocycles. The molecule has 2 rings (SSSR count). The maximum Gasteiger partial charge on any atom is 0.374 e. The lowest BCUT2D eigenvalue weighted by Crippen LogP contribution is -2.04. The van der Waals surface area contributed by atoms with Crippen LogP contribution in [0.25, 0.3) is 11.5 Å². The van der Waals surface area contributed by atoms with E-state index in [4.69, 9.17) is 12.7 Å². The molecule has 0 aromatic carbocycles. The van der Waals surface area contributed by atoms with E-state index in [1.165, 1.54) is 0 Å². The SMILES string of the molecule is [B]OC(=C(C#N)n1cnc(C)c1C)c1c(C)nn(C)c1C. The summed E-state index contributed by atoms with van der Waals surface area (Å²) in [5, 5.41) is 13.9. The van der Waals surface area contributed by atoms with Gasteiger partial charge in [-0.15, -0.1) is 0 Å². The Kier molecular flexibility index (Phi) is 3.89. The van der Waals surface area contributed by atoms with Gasteiger partial charge in [0.25, 0.3) is 0 Å². The lowest BCUT2D eigenvalue weighted by molar-refractivity contribution is 0.570. The highest BCUT2D eigenvalue weighted by atomic mass is 16.4.